The normalized spacial score (nSPS) is 11.8. The minimum Gasteiger partial charge on any atom is -0.487 e. The molecule has 0 saturated heterocycles. The van der Waals surface area contributed by atoms with E-state index in [2.05, 4.69) is 5.32 Å². The zero-order valence-electron chi connectivity index (χ0n) is 17.4. The molecule has 1 atom stereocenters. The van der Waals surface area contributed by atoms with Crippen LogP contribution in [-0.2, 0) is 16.1 Å². The molecule has 1 amide bonds. The van der Waals surface area contributed by atoms with Crippen molar-refractivity contribution in [3.05, 3.63) is 64.7 Å². The molecule has 2 aromatic carbocycles. The maximum absolute atomic E-state index is 15.1. The second-order valence-electron chi connectivity index (χ2n) is 6.69. The lowest BCUT2D eigenvalue weighted by molar-refractivity contribution is -0.133. The Balaban J connectivity index is 2.24. The Morgan fingerprint density at radius 2 is 1.77 bits per heavy atom. The summed E-state index contributed by atoms with van der Waals surface area (Å²) >= 11 is 0. The molecule has 0 aliphatic rings. The first-order chi connectivity index (χ1) is 14.4. The molecule has 30 heavy (non-hydrogen) atoms. The van der Waals surface area contributed by atoms with Crippen LogP contribution >= 0.6 is 0 Å². The first-order valence-electron chi connectivity index (χ1n) is 9.97. The molecule has 160 valence electrons. The lowest BCUT2D eigenvalue weighted by Crippen LogP contribution is -2.32. The average Bonchev–Trinajstić information content (AvgIpc) is 2.76. The molecule has 0 radical (unpaired) electrons. The molecule has 0 heterocycles. The SMILES string of the molecule is CCOC(C(=O)NCc1ccc(C#N)cc1)c1c(F)ccc(OC(CC)CC)c1F. The average molecular weight is 416 g/mol. The molecule has 0 aliphatic carbocycles. The summed E-state index contributed by atoms with van der Waals surface area (Å²) < 4.78 is 40.7. The van der Waals surface area contributed by atoms with Gasteiger partial charge in [-0.1, -0.05) is 26.0 Å². The molecule has 1 unspecified atom stereocenters. The lowest BCUT2D eigenvalue weighted by atomic mass is 10.1. The minimum absolute atomic E-state index is 0.0888. The van der Waals surface area contributed by atoms with Gasteiger partial charge in [-0.05, 0) is 49.6 Å². The van der Waals surface area contributed by atoms with Crippen LogP contribution < -0.4 is 10.1 Å². The number of nitrogens with one attached hydrogen (secondary N) is 1. The smallest absolute Gasteiger partial charge is 0.254 e. The Kier molecular flexibility index (Phi) is 8.75. The van der Waals surface area contributed by atoms with Gasteiger partial charge < -0.3 is 14.8 Å². The summed E-state index contributed by atoms with van der Waals surface area (Å²) in [5, 5.41) is 11.5. The Bertz CT molecular complexity index is 891. The molecule has 7 heteroatoms. The van der Waals surface area contributed by atoms with Gasteiger partial charge in [-0.25, -0.2) is 8.78 Å². The highest BCUT2D eigenvalue weighted by molar-refractivity contribution is 5.82. The van der Waals surface area contributed by atoms with Gasteiger partial charge >= 0.3 is 0 Å². The number of hydrogen-bond acceptors (Lipinski definition) is 4. The maximum atomic E-state index is 15.1. The van der Waals surface area contributed by atoms with E-state index in [9.17, 15) is 9.18 Å². The zero-order valence-corrected chi connectivity index (χ0v) is 17.4. The van der Waals surface area contributed by atoms with Crippen molar-refractivity contribution in [1.29, 1.82) is 5.26 Å². The van der Waals surface area contributed by atoms with Crippen LogP contribution in [0.4, 0.5) is 8.78 Å². The van der Waals surface area contributed by atoms with E-state index in [-0.39, 0.29) is 25.0 Å². The van der Waals surface area contributed by atoms with Crippen LogP contribution in [0.3, 0.4) is 0 Å². The second-order valence-corrected chi connectivity index (χ2v) is 6.69. The summed E-state index contributed by atoms with van der Waals surface area (Å²) in [6.45, 7) is 5.68. The van der Waals surface area contributed by atoms with Crippen molar-refractivity contribution in [3.8, 4) is 11.8 Å². The molecule has 2 rings (SSSR count). The van der Waals surface area contributed by atoms with Gasteiger partial charge in [0.05, 0.1) is 23.3 Å². The Morgan fingerprint density at radius 3 is 2.33 bits per heavy atom. The van der Waals surface area contributed by atoms with E-state index in [0.717, 1.165) is 11.6 Å². The van der Waals surface area contributed by atoms with Crippen molar-refractivity contribution in [2.75, 3.05) is 6.61 Å². The largest absolute Gasteiger partial charge is 0.487 e. The molecule has 0 spiro atoms. The highest BCUT2D eigenvalue weighted by atomic mass is 19.1. The molecule has 5 nitrogen and oxygen atoms in total. The third-order valence-corrected chi connectivity index (χ3v) is 4.68. The van der Waals surface area contributed by atoms with E-state index >= 15 is 4.39 Å². The van der Waals surface area contributed by atoms with E-state index < -0.39 is 29.2 Å². The topological polar surface area (TPSA) is 71.3 Å². The van der Waals surface area contributed by atoms with Crippen molar-refractivity contribution in [3.63, 3.8) is 0 Å². The molecule has 2 aromatic rings. The van der Waals surface area contributed by atoms with E-state index in [0.29, 0.717) is 18.4 Å². The molecule has 0 aliphatic heterocycles. The summed E-state index contributed by atoms with van der Waals surface area (Å²) in [6.07, 6.45) is -0.335. The monoisotopic (exact) mass is 416 g/mol. The number of amides is 1. The van der Waals surface area contributed by atoms with Crippen molar-refractivity contribution in [1.82, 2.24) is 5.32 Å². The number of hydrogen-bond donors (Lipinski definition) is 1. The number of ether oxygens (including phenoxy) is 2. The van der Waals surface area contributed by atoms with Gasteiger partial charge in [0.15, 0.2) is 17.7 Å². The van der Waals surface area contributed by atoms with Crippen LogP contribution in [-0.4, -0.2) is 18.6 Å². The van der Waals surface area contributed by atoms with Crippen molar-refractivity contribution >= 4 is 5.91 Å². The fraction of sp³-hybridized carbons (Fsp3) is 0.391. The minimum atomic E-state index is -1.46. The lowest BCUT2D eigenvalue weighted by Gasteiger charge is -2.21. The number of nitrogens with zero attached hydrogens (tertiary/aromatic N) is 1. The highest BCUT2D eigenvalue weighted by Crippen LogP contribution is 2.31. The van der Waals surface area contributed by atoms with Gasteiger partial charge in [0, 0.05) is 13.2 Å². The Morgan fingerprint density at radius 1 is 1.10 bits per heavy atom. The molecule has 0 aromatic heterocycles. The second kappa shape index (κ2) is 11.3. The summed E-state index contributed by atoms with van der Waals surface area (Å²) in [6, 6.07) is 11.0. The zero-order chi connectivity index (χ0) is 22.1. The quantitative estimate of drug-likeness (QED) is 0.604. The number of carbonyl (C=O) groups excluding carboxylic acids is 1. The van der Waals surface area contributed by atoms with E-state index in [4.69, 9.17) is 14.7 Å². The van der Waals surface area contributed by atoms with Crippen LogP contribution in [0.2, 0.25) is 0 Å². The third kappa shape index (κ3) is 5.77. The number of nitriles is 1. The van der Waals surface area contributed by atoms with Gasteiger partial charge in [0.1, 0.15) is 5.82 Å². The van der Waals surface area contributed by atoms with Crippen molar-refractivity contribution < 1.29 is 23.0 Å². The van der Waals surface area contributed by atoms with Gasteiger partial charge in [0.2, 0.25) is 0 Å². The number of benzene rings is 2. The van der Waals surface area contributed by atoms with Crippen molar-refractivity contribution in [2.24, 2.45) is 0 Å². The van der Waals surface area contributed by atoms with Crippen molar-refractivity contribution in [2.45, 2.75) is 52.4 Å². The Hall–Kier alpha value is -2.98. The van der Waals surface area contributed by atoms with Crippen LogP contribution in [0.25, 0.3) is 0 Å². The standard InChI is InChI=1S/C23H26F2N2O3/c1-4-17(5-2)30-19-12-11-18(24)20(21(19)25)22(29-6-3)23(28)27-14-16-9-7-15(13-26)8-10-16/h7-12,17,22H,4-6,14H2,1-3H3,(H,27,28). The maximum Gasteiger partial charge on any atom is 0.254 e. The first-order valence-corrected chi connectivity index (χ1v) is 9.97. The fourth-order valence-electron chi connectivity index (χ4n) is 2.95. The molecule has 0 bridgehead atoms. The van der Waals surface area contributed by atoms with Crippen LogP contribution in [0.1, 0.15) is 56.4 Å². The predicted octanol–water partition coefficient (Wildman–Crippen LogP) is 4.80. The summed E-state index contributed by atoms with van der Waals surface area (Å²) in [5.74, 6) is -2.59. The molecule has 1 N–H and O–H groups in total. The third-order valence-electron chi connectivity index (χ3n) is 4.68. The van der Waals surface area contributed by atoms with Gasteiger partial charge in [-0.2, -0.15) is 5.26 Å². The first kappa shape index (κ1) is 23.3. The Labute approximate surface area is 175 Å². The van der Waals surface area contributed by atoms with E-state index in [1.54, 1.807) is 31.2 Å². The number of halogens is 2. The highest BCUT2D eigenvalue weighted by Gasteiger charge is 2.30. The van der Waals surface area contributed by atoms with Gasteiger partial charge in [-0.15, -0.1) is 0 Å². The van der Waals surface area contributed by atoms with E-state index in [1.165, 1.54) is 6.07 Å². The summed E-state index contributed by atoms with van der Waals surface area (Å²) in [7, 11) is 0. The predicted molar refractivity (Wildman–Crippen MR) is 109 cm³/mol. The number of rotatable bonds is 10. The van der Waals surface area contributed by atoms with E-state index in [1.807, 2.05) is 19.9 Å². The van der Waals surface area contributed by atoms with Gasteiger partial charge in [0.25, 0.3) is 5.91 Å². The fourth-order valence-corrected chi connectivity index (χ4v) is 2.95. The van der Waals surface area contributed by atoms with Crippen LogP contribution in [0.15, 0.2) is 36.4 Å². The van der Waals surface area contributed by atoms with Crippen LogP contribution in [0, 0.1) is 23.0 Å². The summed E-state index contributed by atoms with van der Waals surface area (Å²) in [5.41, 5.74) is 0.762. The number of carbonyl (C=O) groups is 1. The summed E-state index contributed by atoms with van der Waals surface area (Å²) in [4.78, 5) is 12.7. The van der Waals surface area contributed by atoms with Gasteiger partial charge in [-0.3, -0.25) is 4.79 Å². The molecule has 0 saturated carbocycles. The molecule has 0 fully saturated rings. The van der Waals surface area contributed by atoms with Crippen LogP contribution in [0.5, 0.6) is 5.75 Å². The molecular formula is C23H26F2N2O3. The molecular weight excluding hydrogens is 390 g/mol.